The summed E-state index contributed by atoms with van der Waals surface area (Å²) in [4.78, 5) is 21.7. The molecular formula is C24H38N4O6S. The molecule has 3 atom stereocenters. The van der Waals surface area contributed by atoms with Crippen LogP contribution in [0, 0.1) is 0 Å². The molecule has 1 saturated carbocycles. The van der Waals surface area contributed by atoms with Gasteiger partial charge in [-0.2, -0.15) is 0 Å². The van der Waals surface area contributed by atoms with E-state index in [4.69, 9.17) is 19.2 Å². The molecule has 10 nitrogen and oxygen atoms in total. The van der Waals surface area contributed by atoms with Crippen LogP contribution < -0.4 is 14.4 Å². The number of aromatic nitrogens is 1. The average Bonchev–Trinajstić information content (AvgIpc) is 3.12. The number of sulfonamides is 1. The molecule has 3 aliphatic heterocycles. The molecule has 196 valence electrons. The summed E-state index contributed by atoms with van der Waals surface area (Å²) in [5.74, 6) is 1.97. The fraction of sp³-hybridized carbons (Fsp3) is 0.750. The lowest BCUT2D eigenvalue weighted by Gasteiger charge is -2.33. The van der Waals surface area contributed by atoms with Crippen LogP contribution in [-0.4, -0.2) is 88.8 Å². The molecule has 35 heavy (non-hydrogen) atoms. The minimum Gasteiger partial charge on any atom is -0.497 e. The first-order valence-electron chi connectivity index (χ1n) is 12.5. The molecule has 2 fully saturated rings. The Labute approximate surface area is 208 Å². The first-order chi connectivity index (χ1) is 16.6. The van der Waals surface area contributed by atoms with E-state index < -0.39 is 28.2 Å². The van der Waals surface area contributed by atoms with Crippen molar-refractivity contribution in [3.8, 4) is 5.75 Å². The van der Waals surface area contributed by atoms with E-state index in [9.17, 15) is 13.2 Å². The highest BCUT2D eigenvalue weighted by Crippen LogP contribution is 2.36. The van der Waals surface area contributed by atoms with Crippen molar-refractivity contribution in [2.45, 2.75) is 75.6 Å². The van der Waals surface area contributed by atoms with Gasteiger partial charge in [0.1, 0.15) is 11.6 Å². The molecule has 5 rings (SSSR count). The molecule has 1 unspecified atom stereocenters. The van der Waals surface area contributed by atoms with E-state index in [0.717, 1.165) is 49.2 Å². The maximum absolute atomic E-state index is 13.1. The molecular weight excluding hydrogens is 472 g/mol. The molecule has 1 aliphatic carbocycles. The smallest absolute Gasteiger partial charge is 0.410 e. The molecule has 1 aromatic rings. The highest BCUT2D eigenvalue weighted by atomic mass is 32.2. The van der Waals surface area contributed by atoms with E-state index in [1.807, 2.05) is 26.1 Å². The van der Waals surface area contributed by atoms with E-state index >= 15 is 0 Å². The lowest BCUT2D eigenvalue weighted by atomic mass is 9.85. The van der Waals surface area contributed by atoms with Crippen molar-refractivity contribution in [2.24, 2.45) is 0 Å². The summed E-state index contributed by atoms with van der Waals surface area (Å²) in [6.07, 6.45) is 5.59. The number of pyridine rings is 1. The first kappa shape index (κ1) is 26.0. The number of ether oxygens (including phenoxy) is 3. The third-order valence-corrected chi connectivity index (χ3v) is 8.09. The number of hydrogen-bond donors (Lipinski definition) is 1. The van der Waals surface area contributed by atoms with Gasteiger partial charge < -0.3 is 19.1 Å². The van der Waals surface area contributed by atoms with Crippen LogP contribution in [0.5, 0.6) is 5.75 Å². The van der Waals surface area contributed by atoms with Gasteiger partial charge in [0.15, 0.2) is 0 Å². The van der Waals surface area contributed by atoms with Gasteiger partial charge in [-0.05, 0) is 45.4 Å². The van der Waals surface area contributed by atoms with E-state index in [0.29, 0.717) is 25.3 Å². The summed E-state index contributed by atoms with van der Waals surface area (Å²) in [7, 11) is 0.217. The minimum absolute atomic E-state index is 0.0577. The molecule has 0 spiro atoms. The zero-order valence-corrected chi connectivity index (χ0v) is 21.9. The molecule has 4 heterocycles. The Morgan fingerprint density at radius 1 is 1.20 bits per heavy atom. The van der Waals surface area contributed by atoms with Gasteiger partial charge >= 0.3 is 6.09 Å². The summed E-state index contributed by atoms with van der Waals surface area (Å²) < 4.78 is 44.1. The average molecular weight is 511 g/mol. The molecule has 1 amide bonds. The van der Waals surface area contributed by atoms with Gasteiger partial charge in [0.25, 0.3) is 0 Å². The largest absolute Gasteiger partial charge is 0.497 e. The highest BCUT2D eigenvalue weighted by molar-refractivity contribution is 7.88. The Morgan fingerprint density at radius 2 is 1.94 bits per heavy atom. The van der Waals surface area contributed by atoms with Crippen molar-refractivity contribution >= 4 is 21.9 Å². The molecule has 4 bridgehead atoms. The van der Waals surface area contributed by atoms with Crippen LogP contribution in [-0.2, 0) is 19.5 Å². The zero-order valence-electron chi connectivity index (χ0n) is 21.1. The van der Waals surface area contributed by atoms with Crippen molar-refractivity contribution in [3.05, 3.63) is 17.8 Å². The molecule has 1 aromatic heterocycles. The maximum atomic E-state index is 13.1. The Balaban J connectivity index is 1.56. The molecule has 4 aliphatic rings. The SMILES string of the molecule is COc1cc2nc(c1)N(C)CCCOC(=O)N1C(C)C[C@H](NS(C)(=O)=O)[C@@H]1COC1CCC2CC1. The topological polar surface area (TPSA) is 110 Å². The second kappa shape index (κ2) is 10.9. The van der Waals surface area contributed by atoms with Crippen LogP contribution in [0.2, 0.25) is 0 Å². The standard InChI is InChI=1S/C24H38N4O6S/c1-16-12-21(26-35(4,30)31)22-15-34-18-8-6-17(7-9-18)20-13-19(32-3)14-23(25-20)27(2)10-5-11-33-24(29)28(16)22/h13-14,16-18,21-22,26H,5-12,15H2,1-4H3/t16?,17?,18?,21-,22-/m0/s1. The van der Waals surface area contributed by atoms with Crippen LogP contribution in [0.4, 0.5) is 10.6 Å². The lowest BCUT2D eigenvalue weighted by molar-refractivity contribution is -0.0105. The number of carbonyl (C=O) groups is 1. The van der Waals surface area contributed by atoms with Crippen LogP contribution >= 0.6 is 0 Å². The third kappa shape index (κ3) is 6.37. The van der Waals surface area contributed by atoms with Crippen molar-refractivity contribution in [1.82, 2.24) is 14.6 Å². The van der Waals surface area contributed by atoms with Gasteiger partial charge in [0, 0.05) is 49.4 Å². The summed E-state index contributed by atoms with van der Waals surface area (Å²) in [5, 5.41) is 0. The molecule has 1 saturated heterocycles. The number of nitrogens with one attached hydrogen (secondary N) is 1. The van der Waals surface area contributed by atoms with E-state index in [2.05, 4.69) is 9.62 Å². The third-order valence-electron chi connectivity index (χ3n) is 7.36. The van der Waals surface area contributed by atoms with Crippen LogP contribution in [0.25, 0.3) is 0 Å². The Hall–Kier alpha value is -2.11. The summed E-state index contributed by atoms with van der Waals surface area (Å²) in [6, 6.07) is 2.98. The number of amides is 1. The number of anilines is 1. The van der Waals surface area contributed by atoms with Crippen LogP contribution in [0.15, 0.2) is 12.1 Å². The summed E-state index contributed by atoms with van der Waals surface area (Å²) >= 11 is 0. The molecule has 0 aromatic carbocycles. The second-order valence-electron chi connectivity index (χ2n) is 10.0. The van der Waals surface area contributed by atoms with Crippen LogP contribution in [0.3, 0.4) is 0 Å². The van der Waals surface area contributed by atoms with Gasteiger partial charge in [-0.15, -0.1) is 0 Å². The number of rotatable bonds is 3. The Bertz CT molecular complexity index is 998. The predicted molar refractivity (Wildman–Crippen MR) is 132 cm³/mol. The number of nitrogens with zero attached hydrogens (tertiary/aromatic N) is 3. The van der Waals surface area contributed by atoms with E-state index in [1.54, 1.807) is 12.0 Å². The predicted octanol–water partition coefficient (Wildman–Crippen LogP) is 2.49. The monoisotopic (exact) mass is 510 g/mol. The summed E-state index contributed by atoms with van der Waals surface area (Å²) in [6.45, 7) is 3.12. The molecule has 11 heteroatoms. The van der Waals surface area contributed by atoms with Crippen molar-refractivity contribution in [2.75, 3.05) is 45.1 Å². The van der Waals surface area contributed by atoms with Crippen molar-refractivity contribution in [1.29, 1.82) is 0 Å². The normalized spacial score (nSPS) is 30.5. The number of carbonyl (C=O) groups excluding carboxylic acids is 1. The molecule has 0 radical (unpaired) electrons. The van der Waals surface area contributed by atoms with Crippen molar-refractivity contribution < 1.29 is 27.4 Å². The fourth-order valence-corrected chi connectivity index (χ4v) is 6.32. The van der Waals surface area contributed by atoms with Gasteiger partial charge in [0.05, 0.1) is 38.7 Å². The van der Waals surface area contributed by atoms with Crippen LogP contribution in [0.1, 0.15) is 57.1 Å². The Morgan fingerprint density at radius 3 is 2.63 bits per heavy atom. The van der Waals surface area contributed by atoms with Gasteiger partial charge in [-0.3, -0.25) is 4.90 Å². The number of methoxy groups -OCH3 is 1. The van der Waals surface area contributed by atoms with Crippen molar-refractivity contribution in [3.63, 3.8) is 0 Å². The number of fused-ring (bicyclic) bond motifs is 8. The fourth-order valence-electron chi connectivity index (χ4n) is 5.52. The lowest BCUT2D eigenvalue weighted by Crippen LogP contribution is -2.50. The Kier molecular flexibility index (Phi) is 8.07. The van der Waals surface area contributed by atoms with E-state index in [1.165, 1.54) is 0 Å². The second-order valence-corrected chi connectivity index (χ2v) is 11.8. The van der Waals surface area contributed by atoms with Gasteiger partial charge in [-0.1, -0.05) is 0 Å². The molecule has 1 N–H and O–H groups in total. The maximum Gasteiger partial charge on any atom is 0.410 e. The quantitative estimate of drug-likeness (QED) is 0.661. The minimum atomic E-state index is -3.43. The van der Waals surface area contributed by atoms with Gasteiger partial charge in [0.2, 0.25) is 10.0 Å². The number of hydrogen-bond acceptors (Lipinski definition) is 8. The summed E-state index contributed by atoms with van der Waals surface area (Å²) in [5.41, 5.74) is 1.04. The van der Waals surface area contributed by atoms with E-state index in [-0.39, 0.29) is 25.4 Å². The highest BCUT2D eigenvalue weighted by Gasteiger charge is 2.44. The first-order valence-corrected chi connectivity index (χ1v) is 14.3. The zero-order chi connectivity index (χ0) is 25.2. The van der Waals surface area contributed by atoms with Gasteiger partial charge in [-0.25, -0.2) is 22.9 Å².